The first-order valence-corrected chi connectivity index (χ1v) is 8.93. The monoisotopic (exact) mass is 364 g/mol. The Labute approximate surface area is 139 Å². The van der Waals surface area contributed by atoms with Gasteiger partial charge in [0.25, 0.3) is 5.91 Å². The van der Waals surface area contributed by atoms with Crippen LogP contribution in [0.4, 0.5) is 4.39 Å². The van der Waals surface area contributed by atoms with Crippen molar-refractivity contribution in [1.29, 1.82) is 0 Å². The molecule has 1 heterocycles. The summed E-state index contributed by atoms with van der Waals surface area (Å²) in [6, 6.07) is 3.18. The van der Waals surface area contributed by atoms with E-state index in [0.29, 0.717) is 0 Å². The summed E-state index contributed by atoms with van der Waals surface area (Å²) >= 11 is 5.77. The Morgan fingerprint density at radius 1 is 1.43 bits per heavy atom. The van der Waals surface area contributed by atoms with Gasteiger partial charge < -0.3 is 10.1 Å². The molecular weight excluding hydrogens is 347 g/mol. The van der Waals surface area contributed by atoms with E-state index in [0.717, 1.165) is 10.4 Å². The van der Waals surface area contributed by atoms with Gasteiger partial charge in [-0.1, -0.05) is 11.6 Å². The van der Waals surface area contributed by atoms with Crippen LogP contribution in [0, 0.1) is 11.7 Å². The lowest BCUT2D eigenvalue weighted by atomic mass is 10.1. The normalized spacial score (nSPS) is 21.6. The van der Waals surface area contributed by atoms with E-state index in [9.17, 15) is 17.6 Å². The Bertz CT molecular complexity index is 696. The molecule has 1 aliphatic heterocycles. The maximum atomic E-state index is 13.7. The van der Waals surface area contributed by atoms with Crippen LogP contribution in [0.2, 0.25) is 5.02 Å². The molecule has 0 radical (unpaired) electrons. The summed E-state index contributed by atoms with van der Waals surface area (Å²) in [5.41, 5.74) is -0.182. The van der Waals surface area contributed by atoms with Crippen molar-refractivity contribution in [2.75, 3.05) is 33.1 Å². The Balaban J connectivity index is 2.09. The smallest absolute Gasteiger partial charge is 0.254 e. The number of carbonyl (C=O) groups excluding carboxylic acids is 1. The van der Waals surface area contributed by atoms with Crippen molar-refractivity contribution in [3.8, 4) is 0 Å². The highest BCUT2D eigenvalue weighted by atomic mass is 35.5. The number of nitrogens with zero attached hydrogens (tertiary/aromatic N) is 1. The molecule has 23 heavy (non-hydrogen) atoms. The lowest BCUT2D eigenvalue weighted by Crippen LogP contribution is -2.43. The molecule has 1 aromatic carbocycles. The molecule has 0 saturated carbocycles. The summed E-state index contributed by atoms with van der Waals surface area (Å²) in [6.07, 6.45) is 0. The standard InChI is InChI=1S/C14H18ClFN2O4S/c1-18(2)23(20,21)8-9-6-22-7-13(9)17-14(19)11-5-10(15)3-4-12(11)16/h3-5,9,13H,6-8H2,1-2H3,(H,17,19)/t9-,13-/m0/s1. The predicted octanol–water partition coefficient (Wildman–Crippen LogP) is 1.12. The maximum Gasteiger partial charge on any atom is 0.254 e. The van der Waals surface area contributed by atoms with Crippen molar-refractivity contribution < 1.29 is 22.3 Å². The molecule has 1 aliphatic rings. The quantitative estimate of drug-likeness (QED) is 0.849. The first kappa shape index (κ1) is 18.1. The van der Waals surface area contributed by atoms with E-state index in [2.05, 4.69) is 5.32 Å². The van der Waals surface area contributed by atoms with Crippen molar-refractivity contribution in [2.24, 2.45) is 5.92 Å². The minimum Gasteiger partial charge on any atom is -0.379 e. The first-order chi connectivity index (χ1) is 10.7. The minimum atomic E-state index is -3.42. The molecule has 2 rings (SSSR count). The van der Waals surface area contributed by atoms with Gasteiger partial charge in [-0.05, 0) is 18.2 Å². The molecular formula is C14H18ClFN2O4S. The van der Waals surface area contributed by atoms with Crippen LogP contribution in [0.1, 0.15) is 10.4 Å². The molecule has 128 valence electrons. The molecule has 2 atom stereocenters. The molecule has 0 unspecified atom stereocenters. The number of sulfonamides is 1. The van der Waals surface area contributed by atoms with Gasteiger partial charge in [-0.15, -0.1) is 0 Å². The second-order valence-corrected chi connectivity index (χ2v) is 8.23. The fourth-order valence-electron chi connectivity index (χ4n) is 2.26. The van der Waals surface area contributed by atoms with E-state index in [1.165, 1.54) is 26.2 Å². The van der Waals surface area contributed by atoms with Gasteiger partial charge in [0.1, 0.15) is 5.82 Å². The highest BCUT2D eigenvalue weighted by Crippen LogP contribution is 2.19. The molecule has 0 spiro atoms. The van der Waals surface area contributed by atoms with Crippen LogP contribution in [-0.4, -0.2) is 57.7 Å². The number of ether oxygens (including phenoxy) is 1. The summed E-state index contributed by atoms with van der Waals surface area (Å²) in [7, 11) is -0.534. The highest BCUT2D eigenvalue weighted by Gasteiger charge is 2.34. The molecule has 0 aliphatic carbocycles. The zero-order valence-electron chi connectivity index (χ0n) is 12.8. The fourth-order valence-corrected chi connectivity index (χ4v) is 3.60. The van der Waals surface area contributed by atoms with Crippen molar-refractivity contribution >= 4 is 27.5 Å². The van der Waals surface area contributed by atoms with Gasteiger partial charge in [-0.2, -0.15) is 0 Å². The van der Waals surface area contributed by atoms with Gasteiger partial charge in [0, 0.05) is 25.0 Å². The van der Waals surface area contributed by atoms with Crippen LogP contribution in [0.3, 0.4) is 0 Å². The average molecular weight is 365 g/mol. The Morgan fingerprint density at radius 3 is 2.78 bits per heavy atom. The lowest BCUT2D eigenvalue weighted by molar-refractivity contribution is 0.0922. The third-order valence-electron chi connectivity index (χ3n) is 3.67. The summed E-state index contributed by atoms with van der Waals surface area (Å²) in [6.45, 7) is 0.400. The van der Waals surface area contributed by atoms with Crippen molar-refractivity contribution in [3.63, 3.8) is 0 Å². The summed E-state index contributed by atoms with van der Waals surface area (Å²) < 4.78 is 44.0. The number of rotatable bonds is 5. The van der Waals surface area contributed by atoms with Gasteiger partial charge >= 0.3 is 0 Å². The Morgan fingerprint density at radius 2 is 2.13 bits per heavy atom. The van der Waals surface area contributed by atoms with Crippen molar-refractivity contribution in [3.05, 3.63) is 34.6 Å². The van der Waals surface area contributed by atoms with Crippen LogP contribution in [0.15, 0.2) is 18.2 Å². The number of nitrogens with one attached hydrogen (secondary N) is 1. The molecule has 1 aromatic rings. The number of halogens is 2. The van der Waals surface area contributed by atoms with Crippen molar-refractivity contribution in [2.45, 2.75) is 6.04 Å². The molecule has 6 nitrogen and oxygen atoms in total. The molecule has 0 bridgehead atoms. The third kappa shape index (κ3) is 4.41. The van der Waals surface area contributed by atoms with Gasteiger partial charge in [0.05, 0.1) is 30.6 Å². The first-order valence-electron chi connectivity index (χ1n) is 6.94. The van der Waals surface area contributed by atoms with Gasteiger partial charge in [-0.25, -0.2) is 17.1 Å². The summed E-state index contributed by atoms with van der Waals surface area (Å²) in [5.74, 6) is -1.88. The Hall–Kier alpha value is -1.22. The Kier molecular flexibility index (Phi) is 5.61. The molecule has 9 heteroatoms. The van der Waals surface area contributed by atoms with E-state index in [4.69, 9.17) is 16.3 Å². The average Bonchev–Trinajstić information content (AvgIpc) is 2.87. The largest absolute Gasteiger partial charge is 0.379 e. The maximum absolute atomic E-state index is 13.7. The van der Waals surface area contributed by atoms with E-state index >= 15 is 0 Å². The number of amides is 1. The van der Waals surface area contributed by atoms with Crippen LogP contribution in [-0.2, 0) is 14.8 Å². The topological polar surface area (TPSA) is 75.7 Å². The third-order valence-corrected chi connectivity index (χ3v) is 5.87. The zero-order chi connectivity index (χ0) is 17.2. The number of carbonyl (C=O) groups is 1. The summed E-state index contributed by atoms with van der Waals surface area (Å²) in [4.78, 5) is 12.2. The molecule has 1 N–H and O–H groups in total. The highest BCUT2D eigenvalue weighted by molar-refractivity contribution is 7.89. The van der Waals surface area contributed by atoms with E-state index < -0.39 is 33.7 Å². The predicted molar refractivity (Wildman–Crippen MR) is 84.4 cm³/mol. The SMILES string of the molecule is CN(C)S(=O)(=O)C[C@@H]1COC[C@@H]1NC(=O)c1cc(Cl)ccc1F. The minimum absolute atomic E-state index is 0.150. The van der Waals surface area contributed by atoms with Crippen LogP contribution in [0.5, 0.6) is 0 Å². The molecule has 0 aromatic heterocycles. The number of hydrogen-bond donors (Lipinski definition) is 1. The summed E-state index contributed by atoms with van der Waals surface area (Å²) in [5, 5.41) is 2.87. The van der Waals surface area contributed by atoms with Crippen LogP contribution in [0.25, 0.3) is 0 Å². The molecule has 1 saturated heterocycles. The molecule has 1 fully saturated rings. The zero-order valence-corrected chi connectivity index (χ0v) is 14.3. The second-order valence-electron chi connectivity index (χ2n) is 5.56. The van der Waals surface area contributed by atoms with Gasteiger partial charge in [0.2, 0.25) is 10.0 Å². The molecule has 1 amide bonds. The van der Waals surface area contributed by atoms with Crippen LogP contribution >= 0.6 is 11.6 Å². The van der Waals surface area contributed by atoms with E-state index in [-0.39, 0.29) is 29.6 Å². The number of benzene rings is 1. The fraction of sp³-hybridized carbons (Fsp3) is 0.500. The van der Waals surface area contributed by atoms with Crippen LogP contribution < -0.4 is 5.32 Å². The lowest BCUT2D eigenvalue weighted by Gasteiger charge is -2.21. The van der Waals surface area contributed by atoms with Crippen molar-refractivity contribution in [1.82, 2.24) is 9.62 Å². The van der Waals surface area contributed by atoms with E-state index in [1.807, 2.05) is 0 Å². The van der Waals surface area contributed by atoms with E-state index in [1.54, 1.807) is 0 Å². The van der Waals surface area contributed by atoms with Gasteiger partial charge in [0.15, 0.2) is 0 Å². The van der Waals surface area contributed by atoms with Gasteiger partial charge in [-0.3, -0.25) is 4.79 Å². The number of hydrogen-bond acceptors (Lipinski definition) is 4. The second kappa shape index (κ2) is 7.12.